The summed E-state index contributed by atoms with van der Waals surface area (Å²) in [5.74, 6) is 5.75. The molecule has 0 unspecified atom stereocenters. The first-order valence-electron chi connectivity index (χ1n) is 4.52. The summed E-state index contributed by atoms with van der Waals surface area (Å²) in [5, 5.41) is 0. The number of hydrogen-bond donors (Lipinski definition) is 0. The first kappa shape index (κ1) is 9.57. The van der Waals surface area contributed by atoms with Crippen LogP contribution in [0.4, 0.5) is 0 Å². The summed E-state index contributed by atoms with van der Waals surface area (Å²) < 4.78 is 5.57. The molecule has 1 rings (SSSR count). The van der Waals surface area contributed by atoms with E-state index in [1.165, 1.54) is 0 Å². The topological polar surface area (TPSA) is 12.5 Å². The minimum atomic E-state index is 0.446. The van der Waals surface area contributed by atoms with Gasteiger partial charge in [-0.25, -0.2) is 0 Å². The molecule has 0 aliphatic carbocycles. The summed E-state index contributed by atoms with van der Waals surface area (Å²) in [5.41, 5.74) is 0. The van der Waals surface area contributed by atoms with Crippen LogP contribution in [0.1, 0.15) is 19.8 Å². The SMILES string of the molecule is CC#CCOC1CCN(C)CC1. The Morgan fingerprint density at radius 2 is 2.08 bits per heavy atom. The van der Waals surface area contributed by atoms with Gasteiger partial charge in [0.05, 0.1) is 6.10 Å². The van der Waals surface area contributed by atoms with E-state index in [0.29, 0.717) is 12.7 Å². The second-order valence-electron chi connectivity index (χ2n) is 3.24. The van der Waals surface area contributed by atoms with Gasteiger partial charge < -0.3 is 9.64 Å². The second kappa shape index (κ2) is 5.18. The van der Waals surface area contributed by atoms with E-state index in [2.05, 4.69) is 23.8 Å². The van der Waals surface area contributed by atoms with E-state index in [0.717, 1.165) is 25.9 Å². The van der Waals surface area contributed by atoms with Gasteiger partial charge in [-0.05, 0) is 26.8 Å². The summed E-state index contributed by atoms with van der Waals surface area (Å²) in [6, 6.07) is 0. The van der Waals surface area contributed by atoms with Crippen LogP contribution < -0.4 is 0 Å². The number of piperidine rings is 1. The van der Waals surface area contributed by atoms with Crippen LogP contribution in [0.25, 0.3) is 0 Å². The largest absolute Gasteiger partial charge is 0.365 e. The highest BCUT2D eigenvalue weighted by atomic mass is 16.5. The van der Waals surface area contributed by atoms with Crippen molar-refractivity contribution in [1.29, 1.82) is 0 Å². The van der Waals surface area contributed by atoms with Crippen LogP contribution >= 0.6 is 0 Å². The molecule has 0 amide bonds. The van der Waals surface area contributed by atoms with E-state index in [1.54, 1.807) is 0 Å². The number of rotatable bonds is 2. The molecule has 1 heterocycles. The first-order valence-corrected chi connectivity index (χ1v) is 4.52. The second-order valence-corrected chi connectivity index (χ2v) is 3.24. The third-order valence-electron chi connectivity index (χ3n) is 2.23. The summed E-state index contributed by atoms with van der Waals surface area (Å²) in [7, 11) is 2.15. The van der Waals surface area contributed by atoms with Crippen LogP contribution in [-0.4, -0.2) is 37.7 Å². The Hall–Kier alpha value is -0.520. The minimum Gasteiger partial charge on any atom is -0.365 e. The molecule has 0 radical (unpaired) electrons. The molecule has 0 N–H and O–H groups in total. The van der Waals surface area contributed by atoms with Crippen LogP contribution in [0.2, 0.25) is 0 Å². The number of likely N-dealkylation sites (tertiary alicyclic amines) is 1. The Bertz CT molecular complexity index is 172. The van der Waals surface area contributed by atoms with Gasteiger partial charge in [0.2, 0.25) is 0 Å². The van der Waals surface area contributed by atoms with Crippen molar-refractivity contribution in [3.05, 3.63) is 0 Å². The van der Waals surface area contributed by atoms with Gasteiger partial charge in [-0.3, -0.25) is 0 Å². The van der Waals surface area contributed by atoms with Crippen molar-refractivity contribution in [3.63, 3.8) is 0 Å². The zero-order chi connectivity index (χ0) is 8.81. The third kappa shape index (κ3) is 3.25. The molecule has 12 heavy (non-hydrogen) atoms. The number of nitrogens with zero attached hydrogens (tertiary/aromatic N) is 1. The van der Waals surface area contributed by atoms with Crippen LogP contribution in [0.5, 0.6) is 0 Å². The van der Waals surface area contributed by atoms with E-state index >= 15 is 0 Å². The summed E-state index contributed by atoms with van der Waals surface area (Å²) in [6.07, 6.45) is 2.76. The molecule has 0 aromatic rings. The van der Waals surface area contributed by atoms with Crippen molar-refractivity contribution in [1.82, 2.24) is 4.90 Å². The molecule has 0 aromatic heterocycles. The third-order valence-corrected chi connectivity index (χ3v) is 2.23. The van der Waals surface area contributed by atoms with Crippen LogP contribution in [0, 0.1) is 11.8 Å². The van der Waals surface area contributed by atoms with Crippen LogP contribution in [0.15, 0.2) is 0 Å². The molecule has 0 aromatic carbocycles. The molecule has 0 bridgehead atoms. The van der Waals surface area contributed by atoms with Crippen molar-refractivity contribution in [2.24, 2.45) is 0 Å². The molecule has 1 fully saturated rings. The van der Waals surface area contributed by atoms with Crippen molar-refractivity contribution < 1.29 is 4.74 Å². The quantitative estimate of drug-likeness (QED) is 0.571. The van der Waals surface area contributed by atoms with E-state index in [-0.39, 0.29) is 0 Å². The Balaban J connectivity index is 2.12. The zero-order valence-electron chi connectivity index (χ0n) is 7.97. The maximum absolute atomic E-state index is 5.57. The lowest BCUT2D eigenvalue weighted by Crippen LogP contribution is -2.34. The van der Waals surface area contributed by atoms with Gasteiger partial charge in [-0.15, -0.1) is 5.92 Å². The Morgan fingerprint density at radius 3 is 2.67 bits per heavy atom. The molecule has 1 aliphatic heterocycles. The molecule has 68 valence electrons. The Morgan fingerprint density at radius 1 is 1.42 bits per heavy atom. The Kier molecular flexibility index (Phi) is 4.13. The Labute approximate surface area is 74.9 Å². The van der Waals surface area contributed by atoms with Gasteiger partial charge in [0.1, 0.15) is 6.61 Å². The maximum Gasteiger partial charge on any atom is 0.108 e. The van der Waals surface area contributed by atoms with Crippen molar-refractivity contribution >= 4 is 0 Å². The molecule has 1 aliphatic rings. The fourth-order valence-corrected chi connectivity index (χ4v) is 1.38. The average molecular weight is 167 g/mol. The number of hydrogen-bond acceptors (Lipinski definition) is 2. The van der Waals surface area contributed by atoms with Crippen LogP contribution in [0.3, 0.4) is 0 Å². The van der Waals surface area contributed by atoms with Crippen molar-refractivity contribution in [2.45, 2.75) is 25.9 Å². The van der Waals surface area contributed by atoms with Gasteiger partial charge in [0.15, 0.2) is 0 Å². The van der Waals surface area contributed by atoms with Gasteiger partial charge >= 0.3 is 0 Å². The normalized spacial score (nSPS) is 20.2. The van der Waals surface area contributed by atoms with E-state index in [9.17, 15) is 0 Å². The molecule has 0 atom stereocenters. The summed E-state index contributed by atoms with van der Waals surface area (Å²) in [4.78, 5) is 2.34. The molecule has 2 heteroatoms. The van der Waals surface area contributed by atoms with E-state index < -0.39 is 0 Å². The van der Waals surface area contributed by atoms with Crippen molar-refractivity contribution in [2.75, 3.05) is 26.7 Å². The fraction of sp³-hybridized carbons (Fsp3) is 0.800. The molecule has 0 saturated carbocycles. The monoisotopic (exact) mass is 167 g/mol. The van der Waals surface area contributed by atoms with E-state index in [1.807, 2.05) is 6.92 Å². The maximum atomic E-state index is 5.57. The highest BCUT2D eigenvalue weighted by molar-refractivity contribution is 4.95. The summed E-state index contributed by atoms with van der Waals surface area (Å²) >= 11 is 0. The lowest BCUT2D eigenvalue weighted by molar-refractivity contribution is 0.0306. The van der Waals surface area contributed by atoms with E-state index in [4.69, 9.17) is 4.74 Å². The van der Waals surface area contributed by atoms with Gasteiger partial charge in [0.25, 0.3) is 0 Å². The summed E-state index contributed by atoms with van der Waals surface area (Å²) in [6.45, 7) is 4.76. The number of ether oxygens (including phenoxy) is 1. The molecule has 1 saturated heterocycles. The van der Waals surface area contributed by atoms with Gasteiger partial charge in [-0.1, -0.05) is 5.92 Å². The fourth-order valence-electron chi connectivity index (χ4n) is 1.38. The lowest BCUT2D eigenvalue weighted by Gasteiger charge is -2.28. The molecule has 0 spiro atoms. The highest BCUT2D eigenvalue weighted by Gasteiger charge is 2.15. The van der Waals surface area contributed by atoms with Gasteiger partial charge in [0, 0.05) is 13.1 Å². The van der Waals surface area contributed by atoms with Crippen LogP contribution in [-0.2, 0) is 4.74 Å². The smallest absolute Gasteiger partial charge is 0.108 e. The zero-order valence-corrected chi connectivity index (χ0v) is 7.97. The average Bonchev–Trinajstić information content (AvgIpc) is 2.09. The molecular formula is C10H17NO. The predicted molar refractivity (Wildman–Crippen MR) is 49.9 cm³/mol. The standard InChI is InChI=1S/C10H17NO/c1-3-4-9-12-10-5-7-11(2)8-6-10/h10H,5-9H2,1-2H3. The lowest BCUT2D eigenvalue weighted by atomic mass is 10.1. The molecule has 2 nitrogen and oxygen atoms in total. The van der Waals surface area contributed by atoms with Crippen molar-refractivity contribution in [3.8, 4) is 11.8 Å². The molecular weight excluding hydrogens is 150 g/mol. The highest BCUT2D eigenvalue weighted by Crippen LogP contribution is 2.11. The van der Waals surface area contributed by atoms with Gasteiger partial charge in [-0.2, -0.15) is 0 Å². The first-order chi connectivity index (χ1) is 5.83. The predicted octanol–water partition coefficient (Wildman–Crippen LogP) is 1.12. The minimum absolute atomic E-state index is 0.446.